The van der Waals surface area contributed by atoms with Gasteiger partial charge in [-0.15, -0.1) is 0 Å². The van der Waals surface area contributed by atoms with Crippen molar-refractivity contribution in [3.8, 4) is 11.6 Å². The van der Waals surface area contributed by atoms with E-state index in [-0.39, 0.29) is 23.9 Å². The van der Waals surface area contributed by atoms with E-state index >= 15 is 0 Å². The van der Waals surface area contributed by atoms with Crippen molar-refractivity contribution in [2.24, 2.45) is 0 Å². The van der Waals surface area contributed by atoms with Crippen molar-refractivity contribution in [3.05, 3.63) is 78.5 Å². The number of likely N-dealkylation sites (N-methyl/N-ethyl adjacent to an activating group) is 1. The van der Waals surface area contributed by atoms with Crippen LogP contribution in [0.5, 0.6) is 11.6 Å². The third kappa shape index (κ3) is 5.61. The van der Waals surface area contributed by atoms with Crippen LogP contribution < -0.4 is 13.8 Å². The summed E-state index contributed by atoms with van der Waals surface area (Å²) in [7, 11) is -0.930. The molecule has 33 heavy (non-hydrogen) atoms. The zero-order valence-electron chi connectivity index (χ0n) is 18.8. The average molecular weight is 470 g/mol. The predicted molar refractivity (Wildman–Crippen MR) is 126 cm³/mol. The van der Waals surface area contributed by atoms with E-state index in [1.54, 1.807) is 53.4 Å². The molecule has 3 aromatic rings. The molecule has 0 fully saturated rings. The van der Waals surface area contributed by atoms with Gasteiger partial charge in [0.25, 0.3) is 15.9 Å². The summed E-state index contributed by atoms with van der Waals surface area (Å²) in [4.78, 5) is 18.8. The number of benzene rings is 2. The van der Waals surface area contributed by atoms with E-state index in [1.807, 2.05) is 13.0 Å². The topological polar surface area (TPSA) is 89.0 Å². The van der Waals surface area contributed by atoms with Gasteiger partial charge in [-0.1, -0.05) is 18.2 Å². The standard InChI is InChI=1S/C24H27N3O5S/c1-4-26(24(28)19-8-6-5-7-9-19)16-17-27(20-10-15-23(32-3)25-18-20)33(29,30)22-13-11-21(31-2)12-14-22/h5-15,18H,4,16-17H2,1-3H3. The van der Waals surface area contributed by atoms with Crippen LogP contribution in [0.15, 0.2) is 77.8 Å². The fourth-order valence-corrected chi connectivity index (χ4v) is 4.72. The minimum atomic E-state index is -3.93. The van der Waals surface area contributed by atoms with Crippen LogP contribution in [0, 0.1) is 0 Å². The summed E-state index contributed by atoms with van der Waals surface area (Å²) < 4.78 is 38.6. The molecule has 0 atom stereocenters. The number of hydrogen-bond donors (Lipinski definition) is 0. The Bertz CT molecular complexity index is 1150. The van der Waals surface area contributed by atoms with Crippen molar-refractivity contribution < 1.29 is 22.7 Å². The van der Waals surface area contributed by atoms with Crippen LogP contribution in [-0.4, -0.2) is 58.1 Å². The second-order valence-electron chi connectivity index (χ2n) is 7.06. The molecule has 0 saturated carbocycles. The molecule has 2 aromatic carbocycles. The number of ether oxygens (including phenoxy) is 2. The van der Waals surface area contributed by atoms with Gasteiger partial charge in [-0.3, -0.25) is 9.10 Å². The van der Waals surface area contributed by atoms with Crippen molar-refractivity contribution in [1.29, 1.82) is 0 Å². The molecule has 0 bridgehead atoms. The molecule has 0 aliphatic heterocycles. The number of aromatic nitrogens is 1. The Kier molecular flexibility index (Phi) is 7.89. The predicted octanol–water partition coefficient (Wildman–Crippen LogP) is 3.46. The highest BCUT2D eigenvalue weighted by Gasteiger charge is 2.27. The molecule has 0 spiro atoms. The van der Waals surface area contributed by atoms with Gasteiger partial charge in [0.15, 0.2) is 0 Å². The van der Waals surface area contributed by atoms with Crippen LogP contribution in [0.2, 0.25) is 0 Å². The van der Waals surface area contributed by atoms with Gasteiger partial charge < -0.3 is 14.4 Å². The van der Waals surface area contributed by atoms with E-state index in [0.717, 1.165) is 0 Å². The van der Waals surface area contributed by atoms with Crippen LogP contribution in [0.25, 0.3) is 0 Å². The van der Waals surface area contributed by atoms with Crippen LogP contribution in [0.4, 0.5) is 5.69 Å². The number of amides is 1. The number of hydrogen-bond acceptors (Lipinski definition) is 6. The number of sulfonamides is 1. The van der Waals surface area contributed by atoms with Gasteiger partial charge in [-0.25, -0.2) is 13.4 Å². The molecule has 3 rings (SSSR count). The molecule has 1 amide bonds. The number of anilines is 1. The van der Waals surface area contributed by atoms with Crippen LogP contribution in [0.3, 0.4) is 0 Å². The Morgan fingerprint density at radius 1 is 0.909 bits per heavy atom. The zero-order valence-corrected chi connectivity index (χ0v) is 19.7. The third-order valence-electron chi connectivity index (χ3n) is 5.13. The fourth-order valence-electron chi connectivity index (χ4n) is 3.28. The summed E-state index contributed by atoms with van der Waals surface area (Å²) >= 11 is 0. The minimum Gasteiger partial charge on any atom is -0.497 e. The molecule has 1 aromatic heterocycles. The molecule has 174 valence electrons. The normalized spacial score (nSPS) is 11.0. The van der Waals surface area contributed by atoms with Gasteiger partial charge in [0.1, 0.15) is 5.75 Å². The van der Waals surface area contributed by atoms with Crippen molar-refractivity contribution >= 4 is 21.6 Å². The minimum absolute atomic E-state index is 0.0504. The van der Waals surface area contributed by atoms with E-state index in [4.69, 9.17) is 9.47 Å². The van der Waals surface area contributed by atoms with E-state index in [2.05, 4.69) is 4.98 Å². The van der Waals surface area contributed by atoms with Gasteiger partial charge in [0.05, 0.1) is 37.5 Å². The lowest BCUT2D eigenvalue weighted by atomic mass is 10.2. The number of carbonyl (C=O) groups excluding carboxylic acids is 1. The van der Waals surface area contributed by atoms with Gasteiger partial charge in [-0.05, 0) is 49.4 Å². The van der Waals surface area contributed by atoms with E-state index < -0.39 is 10.0 Å². The molecular weight excluding hydrogens is 442 g/mol. The second-order valence-corrected chi connectivity index (χ2v) is 8.92. The molecule has 0 aliphatic rings. The summed E-state index contributed by atoms with van der Waals surface area (Å²) in [5, 5.41) is 0. The molecule has 0 radical (unpaired) electrons. The smallest absolute Gasteiger partial charge is 0.264 e. The lowest BCUT2D eigenvalue weighted by Crippen LogP contribution is -2.41. The first-order chi connectivity index (χ1) is 15.9. The first kappa shape index (κ1) is 24.1. The Hall–Kier alpha value is -3.59. The summed E-state index contributed by atoms with van der Waals surface area (Å²) in [6.07, 6.45) is 1.44. The highest BCUT2D eigenvalue weighted by Crippen LogP contribution is 2.26. The number of nitrogens with zero attached hydrogens (tertiary/aromatic N) is 3. The van der Waals surface area contributed by atoms with Crippen molar-refractivity contribution in [2.75, 3.05) is 38.2 Å². The van der Waals surface area contributed by atoms with Crippen LogP contribution >= 0.6 is 0 Å². The maximum Gasteiger partial charge on any atom is 0.264 e. The number of carbonyl (C=O) groups is 1. The summed E-state index contributed by atoms with van der Waals surface area (Å²) in [5.41, 5.74) is 0.921. The lowest BCUT2D eigenvalue weighted by molar-refractivity contribution is 0.0769. The Balaban J connectivity index is 1.91. The van der Waals surface area contributed by atoms with Crippen LogP contribution in [0.1, 0.15) is 17.3 Å². The maximum atomic E-state index is 13.6. The maximum absolute atomic E-state index is 13.6. The Labute approximate surface area is 194 Å². The molecule has 0 N–H and O–H groups in total. The monoisotopic (exact) mass is 469 g/mol. The van der Waals surface area contributed by atoms with Gasteiger partial charge >= 0.3 is 0 Å². The summed E-state index contributed by atoms with van der Waals surface area (Å²) in [6.45, 7) is 2.55. The number of methoxy groups -OCH3 is 2. The molecule has 0 saturated heterocycles. The van der Waals surface area contributed by atoms with Gasteiger partial charge in [-0.2, -0.15) is 0 Å². The second kappa shape index (κ2) is 10.8. The van der Waals surface area contributed by atoms with E-state index in [1.165, 1.54) is 36.9 Å². The van der Waals surface area contributed by atoms with E-state index in [9.17, 15) is 13.2 Å². The fraction of sp³-hybridized carbons (Fsp3) is 0.250. The quantitative estimate of drug-likeness (QED) is 0.452. The Morgan fingerprint density at radius 3 is 2.15 bits per heavy atom. The van der Waals surface area contributed by atoms with E-state index in [0.29, 0.717) is 29.4 Å². The van der Waals surface area contributed by atoms with Gasteiger partial charge in [0, 0.05) is 24.7 Å². The highest BCUT2D eigenvalue weighted by atomic mass is 32.2. The number of pyridine rings is 1. The lowest BCUT2D eigenvalue weighted by Gasteiger charge is -2.28. The summed E-state index contributed by atoms with van der Waals surface area (Å²) in [6, 6.07) is 18.3. The molecule has 8 nitrogen and oxygen atoms in total. The molecular formula is C24H27N3O5S. The zero-order chi connectivity index (χ0) is 23.8. The van der Waals surface area contributed by atoms with Crippen molar-refractivity contribution in [3.63, 3.8) is 0 Å². The SMILES string of the molecule is CCN(CCN(c1ccc(OC)nc1)S(=O)(=O)c1ccc(OC)cc1)C(=O)c1ccccc1. The van der Waals surface area contributed by atoms with Crippen molar-refractivity contribution in [2.45, 2.75) is 11.8 Å². The Morgan fingerprint density at radius 2 is 1.61 bits per heavy atom. The first-order valence-electron chi connectivity index (χ1n) is 10.4. The van der Waals surface area contributed by atoms with Crippen LogP contribution in [-0.2, 0) is 10.0 Å². The third-order valence-corrected chi connectivity index (χ3v) is 6.97. The molecule has 0 unspecified atom stereocenters. The van der Waals surface area contributed by atoms with Gasteiger partial charge in [0.2, 0.25) is 5.88 Å². The first-order valence-corrected chi connectivity index (χ1v) is 11.9. The van der Waals surface area contributed by atoms with Crippen molar-refractivity contribution in [1.82, 2.24) is 9.88 Å². The summed E-state index contributed by atoms with van der Waals surface area (Å²) in [5.74, 6) is 0.764. The highest BCUT2D eigenvalue weighted by molar-refractivity contribution is 7.92. The number of rotatable bonds is 10. The molecule has 9 heteroatoms. The average Bonchev–Trinajstić information content (AvgIpc) is 2.87. The molecule has 1 heterocycles. The molecule has 0 aliphatic carbocycles. The largest absolute Gasteiger partial charge is 0.497 e.